The highest BCUT2D eigenvalue weighted by molar-refractivity contribution is 7.91. The van der Waals surface area contributed by atoms with Gasteiger partial charge in [0, 0.05) is 0 Å². The van der Waals surface area contributed by atoms with E-state index in [0.717, 1.165) is 30.3 Å². The summed E-state index contributed by atoms with van der Waals surface area (Å²) in [5, 5.41) is 1.46. The van der Waals surface area contributed by atoms with Gasteiger partial charge in [0.25, 0.3) is 5.91 Å². The van der Waals surface area contributed by atoms with Gasteiger partial charge in [0.05, 0.1) is 38.2 Å². The molecule has 0 fully saturated rings. The van der Waals surface area contributed by atoms with E-state index >= 15 is 0 Å². The standard InChI is InChI=1S/C25H21Cl3F9NO2S/c1-12(2)20(10-41(40)11-23(29,30)31)38-22(39)15-5-3-13(7-17(15)25(35,36)37)4-6-16(24(32,33)34)14-8-18(26)21(28)19(27)9-14/h3-9,12,16,20H,10-11H2,1-2H3,(H,38,39)/b6-4+/t16?,20-,41?/m0/s1. The molecule has 0 radical (unpaired) electrons. The highest BCUT2D eigenvalue weighted by Crippen LogP contribution is 2.41. The number of rotatable bonds is 9. The normalized spacial score (nSPS) is 15.3. The highest BCUT2D eigenvalue weighted by atomic mass is 35.5. The molecule has 1 amide bonds. The average molecular weight is 677 g/mol. The number of nitrogens with one attached hydrogen (secondary N) is 1. The maximum atomic E-state index is 13.9. The van der Waals surface area contributed by atoms with E-state index in [2.05, 4.69) is 5.32 Å². The number of carbonyl (C=O) groups excluding carboxylic acids is 1. The Hall–Kier alpha value is -1.80. The van der Waals surface area contributed by atoms with Gasteiger partial charge >= 0.3 is 18.5 Å². The first-order chi connectivity index (χ1) is 18.6. The van der Waals surface area contributed by atoms with Crippen LogP contribution in [0.3, 0.4) is 0 Å². The molecule has 0 heterocycles. The number of carbonyl (C=O) groups is 1. The number of alkyl halides is 9. The monoisotopic (exact) mass is 675 g/mol. The van der Waals surface area contributed by atoms with Gasteiger partial charge in [-0.25, -0.2) is 0 Å². The molecule has 3 nitrogen and oxygen atoms in total. The summed E-state index contributed by atoms with van der Waals surface area (Å²) < 4.78 is 132. The van der Waals surface area contributed by atoms with Crippen LogP contribution in [0.15, 0.2) is 36.4 Å². The lowest BCUT2D eigenvalue weighted by Crippen LogP contribution is -2.45. The fraction of sp³-hybridized carbons (Fsp3) is 0.400. The van der Waals surface area contributed by atoms with Crippen LogP contribution < -0.4 is 5.32 Å². The molecule has 228 valence electrons. The topological polar surface area (TPSA) is 52.2 Å². The predicted molar refractivity (Wildman–Crippen MR) is 141 cm³/mol. The molecular weight excluding hydrogens is 656 g/mol. The third-order valence-electron chi connectivity index (χ3n) is 5.60. The van der Waals surface area contributed by atoms with Gasteiger partial charge in [-0.1, -0.05) is 66.9 Å². The second-order valence-corrected chi connectivity index (χ2v) is 11.9. The maximum Gasteiger partial charge on any atom is 0.433 e. The molecule has 0 aliphatic carbocycles. The fourth-order valence-corrected chi connectivity index (χ4v) is 5.52. The van der Waals surface area contributed by atoms with Crippen molar-refractivity contribution in [3.63, 3.8) is 0 Å². The molecule has 41 heavy (non-hydrogen) atoms. The van der Waals surface area contributed by atoms with Crippen LogP contribution in [-0.4, -0.2) is 40.4 Å². The van der Waals surface area contributed by atoms with Crippen molar-refractivity contribution >= 4 is 58.0 Å². The Morgan fingerprint density at radius 1 is 0.976 bits per heavy atom. The molecule has 0 spiro atoms. The molecule has 2 unspecified atom stereocenters. The van der Waals surface area contributed by atoms with Crippen LogP contribution in [0.4, 0.5) is 39.5 Å². The van der Waals surface area contributed by atoms with Crippen LogP contribution >= 0.6 is 34.8 Å². The molecule has 0 saturated carbocycles. The Bertz CT molecular complexity index is 1240. The lowest BCUT2D eigenvalue weighted by atomic mass is 9.96. The van der Waals surface area contributed by atoms with E-state index in [-0.39, 0.29) is 20.6 Å². The molecule has 0 aromatic heterocycles. The van der Waals surface area contributed by atoms with Crippen LogP contribution in [0.5, 0.6) is 0 Å². The van der Waals surface area contributed by atoms with E-state index in [0.29, 0.717) is 12.1 Å². The van der Waals surface area contributed by atoms with E-state index in [9.17, 15) is 48.9 Å². The lowest BCUT2D eigenvalue weighted by molar-refractivity contribution is -0.139. The molecule has 0 aliphatic heterocycles. The van der Waals surface area contributed by atoms with E-state index in [1.165, 1.54) is 13.8 Å². The summed E-state index contributed by atoms with van der Waals surface area (Å²) in [6, 6.07) is 2.80. The summed E-state index contributed by atoms with van der Waals surface area (Å²) in [6.07, 6.45) is -13.4. The molecule has 2 aromatic rings. The fourth-order valence-electron chi connectivity index (χ4n) is 3.56. The Morgan fingerprint density at radius 3 is 2.00 bits per heavy atom. The number of halogens is 12. The minimum atomic E-state index is -5.14. The quantitative estimate of drug-likeness (QED) is 0.164. The van der Waals surface area contributed by atoms with Gasteiger partial charge < -0.3 is 9.87 Å². The molecule has 2 rings (SSSR count). The van der Waals surface area contributed by atoms with Crippen molar-refractivity contribution in [2.24, 2.45) is 5.92 Å². The average Bonchev–Trinajstić information content (AvgIpc) is 2.79. The van der Waals surface area contributed by atoms with Crippen molar-refractivity contribution in [3.8, 4) is 0 Å². The number of allylic oxidation sites excluding steroid dienone is 1. The lowest BCUT2D eigenvalue weighted by Gasteiger charge is -2.25. The van der Waals surface area contributed by atoms with Gasteiger partial charge in [-0.05, 0) is 52.5 Å². The van der Waals surface area contributed by atoms with Gasteiger partial charge in [-0.2, -0.15) is 39.5 Å². The van der Waals surface area contributed by atoms with Crippen molar-refractivity contribution in [2.75, 3.05) is 11.5 Å². The second kappa shape index (κ2) is 13.7. The first kappa shape index (κ1) is 35.4. The predicted octanol–water partition coefficient (Wildman–Crippen LogP) is 9.09. The van der Waals surface area contributed by atoms with Crippen molar-refractivity contribution in [1.82, 2.24) is 5.32 Å². The summed E-state index contributed by atoms with van der Waals surface area (Å²) in [6.45, 7) is 2.93. The maximum absolute atomic E-state index is 13.9. The Kier molecular flexibility index (Phi) is 11.8. The Morgan fingerprint density at radius 2 is 1.54 bits per heavy atom. The second-order valence-electron chi connectivity index (χ2n) is 9.17. The van der Waals surface area contributed by atoms with Crippen molar-refractivity contribution in [2.45, 2.75) is 44.3 Å². The number of benzene rings is 2. The summed E-state index contributed by atoms with van der Waals surface area (Å²) in [7, 11) is 0. The van der Waals surface area contributed by atoms with Gasteiger partial charge in [-0.15, -0.1) is 0 Å². The first-order valence-electron chi connectivity index (χ1n) is 11.4. The Labute approximate surface area is 247 Å². The van der Waals surface area contributed by atoms with Gasteiger partial charge in [0.1, 0.15) is 5.75 Å². The minimum Gasteiger partial charge on any atom is -0.616 e. The highest BCUT2D eigenvalue weighted by Gasteiger charge is 2.40. The van der Waals surface area contributed by atoms with Crippen molar-refractivity contribution < 1.29 is 48.9 Å². The van der Waals surface area contributed by atoms with Crippen molar-refractivity contribution in [3.05, 3.63) is 73.7 Å². The van der Waals surface area contributed by atoms with Crippen LogP contribution in [0, 0.1) is 5.92 Å². The summed E-state index contributed by atoms with van der Waals surface area (Å²) in [5.41, 5.74) is -3.20. The molecule has 3 atom stereocenters. The molecule has 2 aromatic carbocycles. The number of hydrogen-bond donors (Lipinski definition) is 1. The Balaban J connectivity index is 2.41. The first-order valence-corrected chi connectivity index (χ1v) is 14.1. The number of amides is 1. The molecule has 1 N–H and O–H groups in total. The SMILES string of the molecule is CC(C)[C@H](C[S+]([O-])CC(F)(F)F)NC(=O)c1ccc(/C=C/C(c2cc(Cl)c(Cl)c(Cl)c2)C(F)(F)F)cc1C(F)(F)F. The van der Waals surface area contributed by atoms with Crippen LogP contribution in [0.25, 0.3) is 6.08 Å². The molecule has 0 saturated heterocycles. The zero-order chi connectivity index (χ0) is 31.5. The summed E-state index contributed by atoms with van der Waals surface area (Å²) in [5.74, 6) is -6.57. The van der Waals surface area contributed by atoms with E-state index in [1.54, 1.807) is 0 Å². The van der Waals surface area contributed by atoms with Gasteiger partial charge in [0.2, 0.25) is 5.75 Å². The molecular formula is C25H21Cl3F9NO2S. The third-order valence-corrected chi connectivity index (χ3v) is 8.18. The summed E-state index contributed by atoms with van der Waals surface area (Å²) >= 11 is 15.0. The number of hydrogen-bond acceptors (Lipinski definition) is 2. The van der Waals surface area contributed by atoms with Crippen LogP contribution in [0.2, 0.25) is 15.1 Å². The smallest absolute Gasteiger partial charge is 0.433 e. The largest absolute Gasteiger partial charge is 0.616 e. The molecule has 16 heteroatoms. The minimum absolute atomic E-state index is 0.183. The van der Waals surface area contributed by atoms with Gasteiger partial charge in [0.15, 0.2) is 0 Å². The van der Waals surface area contributed by atoms with Gasteiger partial charge in [-0.3, -0.25) is 4.79 Å². The zero-order valence-corrected chi connectivity index (χ0v) is 24.0. The van der Waals surface area contributed by atoms with E-state index in [4.69, 9.17) is 34.8 Å². The third kappa shape index (κ3) is 10.5. The zero-order valence-electron chi connectivity index (χ0n) is 20.9. The molecule has 0 bridgehead atoms. The van der Waals surface area contributed by atoms with Crippen LogP contribution in [0.1, 0.15) is 46.8 Å². The van der Waals surface area contributed by atoms with E-state index in [1.807, 2.05) is 0 Å². The van der Waals surface area contributed by atoms with Crippen molar-refractivity contribution in [1.29, 1.82) is 0 Å². The van der Waals surface area contributed by atoms with Crippen LogP contribution in [-0.2, 0) is 17.4 Å². The molecule has 0 aliphatic rings. The van der Waals surface area contributed by atoms with E-state index < -0.39 is 81.7 Å². The summed E-state index contributed by atoms with van der Waals surface area (Å²) in [4.78, 5) is 12.7.